The number of nitrogens with one attached hydrogen (secondary N) is 1. The fraction of sp³-hybridized carbons (Fsp3) is 0.421. The maximum absolute atomic E-state index is 13.0. The number of benzene rings is 1. The van der Waals surface area contributed by atoms with Crippen molar-refractivity contribution in [3.05, 3.63) is 47.3 Å². The van der Waals surface area contributed by atoms with Crippen molar-refractivity contribution in [3.8, 4) is 0 Å². The first-order valence-corrected chi connectivity index (χ1v) is 9.64. The van der Waals surface area contributed by atoms with E-state index in [1.54, 1.807) is 23.6 Å². The van der Waals surface area contributed by atoms with Gasteiger partial charge >= 0.3 is 0 Å². The fourth-order valence-electron chi connectivity index (χ4n) is 2.92. The molecule has 1 saturated heterocycles. The van der Waals surface area contributed by atoms with Gasteiger partial charge in [0.25, 0.3) is 5.56 Å². The predicted octanol–water partition coefficient (Wildman–Crippen LogP) is 2.36. The Morgan fingerprint density at radius 2 is 2.35 bits per heavy atom. The lowest BCUT2D eigenvalue weighted by Gasteiger charge is -2.18. The van der Waals surface area contributed by atoms with Gasteiger partial charge in [0.05, 0.1) is 28.8 Å². The molecular weight excluding hydrogens is 350 g/mol. The largest absolute Gasteiger partial charge is 0.376 e. The molecule has 2 aromatic rings. The van der Waals surface area contributed by atoms with Gasteiger partial charge in [-0.1, -0.05) is 30.0 Å². The summed E-state index contributed by atoms with van der Waals surface area (Å²) in [6.45, 7) is 7.00. The molecule has 7 heteroatoms. The van der Waals surface area contributed by atoms with Crippen molar-refractivity contribution in [2.75, 3.05) is 13.2 Å². The second kappa shape index (κ2) is 8.51. The SMILES string of the molecule is C=CCNC(=O)[C@H](C)Sc1nc2ccccc2c(=O)n1C[C@@H]1CCCO1. The molecule has 2 atom stereocenters. The molecule has 0 bridgehead atoms. The molecule has 138 valence electrons. The highest BCUT2D eigenvalue weighted by Gasteiger charge is 2.22. The average molecular weight is 373 g/mol. The molecule has 1 aliphatic rings. The van der Waals surface area contributed by atoms with Crippen LogP contribution >= 0.6 is 11.8 Å². The van der Waals surface area contributed by atoms with Crippen LogP contribution in [-0.4, -0.2) is 40.0 Å². The van der Waals surface area contributed by atoms with Crippen molar-refractivity contribution >= 4 is 28.6 Å². The van der Waals surface area contributed by atoms with Crippen LogP contribution in [0.3, 0.4) is 0 Å². The minimum absolute atomic E-state index is 0.0138. The van der Waals surface area contributed by atoms with Crippen molar-refractivity contribution in [2.45, 2.75) is 42.8 Å². The van der Waals surface area contributed by atoms with Crippen LogP contribution in [-0.2, 0) is 16.1 Å². The van der Waals surface area contributed by atoms with E-state index in [0.29, 0.717) is 29.1 Å². The van der Waals surface area contributed by atoms with E-state index in [2.05, 4.69) is 16.9 Å². The zero-order valence-electron chi connectivity index (χ0n) is 14.8. The highest BCUT2D eigenvalue weighted by molar-refractivity contribution is 8.00. The number of amides is 1. The lowest BCUT2D eigenvalue weighted by atomic mass is 10.2. The summed E-state index contributed by atoms with van der Waals surface area (Å²) < 4.78 is 7.35. The highest BCUT2D eigenvalue weighted by Crippen LogP contribution is 2.24. The van der Waals surface area contributed by atoms with Gasteiger partial charge < -0.3 is 10.1 Å². The van der Waals surface area contributed by atoms with Crippen LogP contribution in [0.2, 0.25) is 0 Å². The fourth-order valence-corrected chi connectivity index (χ4v) is 3.86. The maximum Gasteiger partial charge on any atom is 0.262 e. The molecule has 1 amide bonds. The zero-order chi connectivity index (χ0) is 18.5. The number of rotatable bonds is 7. The van der Waals surface area contributed by atoms with Gasteiger partial charge in [0.1, 0.15) is 0 Å². The van der Waals surface area contributed by atoms with Gasteiger partial charge in [0, 0.05) is 13.2 Å². The number of carbonyl (C=O) groups excluding carboxylic acids is 1. The Morgan fingerprint density at radius 3 is 3.08 bits per heavy atom. The number of ether oxygens (including phenoxy) is 1. The second-order valence-corrected chi connectivity index (χ2v) is 7.56. The van der Waals surface area contributed by atoms with E-state index >= 15 is 0 Å². The van der Waals surface area contributed by atoms with E-state index in [4.69, 9.17) is 4.74 Å². The number of aromatic nitrogens is 2. The zero-order valence-corrected chi connectivity index (χ0v) is 15.6. The number of hydrogen-bond donors (Lipinski definition) is 1. The standard InChI is InChI=1S/C19H23N3O3S/c1-3-10-20-17(23)13(2)26-19-21-16-9-5-4-8-15(16)18(24)22(19)12-14-7-6-11-25-14/h3-5,8-9,13-14H,1,6-7,10-12H2,2H3,(H,20,23)/t13-,14-/m0/s1. The number of carbonyl (C=O) groups is 1. The average Bonchev–Trinajstić information content (AvgIpc) is 3.16. The molecule has 1 aromatic heterocycles. The summed E-state index contributed by atoms with van der Waals surface area (Å²) >= 11 is 1.29. The Labute approximate surface area is 156 Å². The van der Waals surface area contributed by atoms with Crippen LogP contribution < -0.4 is 10.9 Å². The third kappa shape index (κ3) is 4.16. The topological polar surface area (TPSA) is 73.2 Å². The number of para-hydroxylation sites is 1. The Kier molecular flexibility index (Phi) is 6.11. The van der Waals surface area contributed by atoms with Gasteiger partial charge in [-0.2, -0.15) is 0 Å². The van der Waals surface area contributed by atoms with Gasteiger partial charge in [-0.25, -0.2) is 4.98 Å². The number of fused-ring (bicyclic) bond motifs is 1. The molecule has 1 N–H and O–H groups in total. The third-order valence-corrected chi connectivity index (χ3v) is 5.40. The van der Waals surface area contributed by atoms with Crippen LogP contribution in [0.25, 0.3) is 10.9 Å². The number of nitrogens with zero attached hydrogens (tertiary/aromatic N) is 2. The number of thioether (sulfide) groups is 1. The van der Waals surface area contributed by atoms with Crippen LogP contribution in [0.5, 0.6) is 0 Å². The summed E-state index contributed by atoms with van der Waals surface area (Å²) in [5, 5.41) is 3.53. The summed E-state index contributed by atoms with van der Waals surface area (Å²) in [5.74, 6) is -0.110. The number of hydrogen-bond acceptors (Lipinski definition) is 5. The summed E-state index contributed by atoms with van der Waals surface area (Å²) in [5.41, 5.74) is 0.551. The van der Waals surface area contributed by atoms with Crippen molar-refractivity contribution in [3.63, 3.8) is 0 Å². The van der Waals surface area contributed by atoms with Crippen molar-refractivity contribution < 1.29 is 9.53 Å². The lowest BCUT2D eigenvalue weighted by molar-refractivity contribution is -0.120. The molecule has 6 nitrogen and oxygen atoms in total. The predicted molar refractivity (Wildman–Crippen MR) is 104 cm³/mol. The molecule has 3 rings (SSSR count). The first-order valence-electron chi connectivity index (χ1n) is 8.76. The Bertz CT molecular complexity index is 859. The van der Waals surface area contributed by atoms with Crippen LogP contribution in [0.15, 0.2) is 46.9 Å². The molecule has 2 heterocycles. The van der Waals surface area contributed by atoms with E-state index in [9.17, 15) is 9.59 Å². The summed E-state index contributed by atoms with van der Waals surface area (Å²) in [6.07, 6.45) is 3.58. The van der Waals surface area contributed by atoms with Crippen LogP contribution in [0, 0.1) is 0 Å². The van der Waals surface area contributed by atoms with Crippen LogP contribution in [0.4, 0.5) is 0 Å². The van der Waals surface area contributed by atoms with Gasteiger partial charge in [-0.05, 0) is 31.9 Å². The summed E-state index contributed by atoms with van der Waals surface area (Å²) in [4.78, 5) is 29.8. The Balaban J connectivity index is 1.94. The Morgan fingerprint density at radius 1 is 1.54 bits per heavy atom. The highest BCUT2D eigenvalue weighted by atomic mass is 32.2. The molecule has 1 fully saturated rings. The monoisotopic (exact) mass is 373 g/mol. The first-order chi connectivity index (χ1) is 12.6. The summed E-state index contributed by atoms with van der Waals surface area (Å²) in [7, 11) is 0. The minimum Gasteiger partial charge on any atom is -0.376 e. The van der Waals surface area contributed by atoms with Gasteiger partial charge in [0.2, 0.25) is 5.91 Å². The minimum atomic E-state index is -0.376. The van der Waals surface area contributed by atoms with Gasteiger partial charge in [-0.3, -0.25) is 14.2 Å². The molecule has 0 unspecified atom stereocenters. The molecular formula is C19H23N3O3S. The van der Waals surface area contributed by atoms with Crippen LogP contribution in [0.1, 0.15) is 19.8 Å². The molecule has 0 aliphatic carbocycles. The maximum atomic E-state index is 13.0. The van der Waals surface area contributed by atoms with E-state index in [1.807, 2.05) is 18.2 Å². The summed E-state index contributed by atoms with van der Waals surface area (Å²) in [6, 6.07) is 7.29. The quantitative estimate of drug-likeness (QED) is 0.458. The smallest absolute Gasteiger partial charge is 0.262 e. The van der Waals surface area contributed by atoms with E-state index in [-0.39, 0.29) is 22.8 Å². The van der Waals surface area contributed by atoms with E-state index < -0.39 is 0 Å². The Hall–Kier alpha value is -2.12. The molecule has 26 heavy (non-hydrogen) atoms. The first kappa shape index (κ1) is 18.7. The molecule has 0 saturated carbocycles. The lowest BCUT2D eigenvalue weighted by Crippen LogP contribution is -2.33. The molecule has 0 spiro atoms. The van der Waals surface area contributed by atoms with Crippen molar-refractivity contribution in [2.24, 2.45) is 0 Å². The second-order valence-electron chi connectivity index (χ2n) is 6.26. The third-order valence-electron chi connectivity index (χ3n) is 4.31. The van der Waals surface area contributed by atoms with Gasteiger partial charge in [-0.15, -0.1) is 6.58 Å². The van der Waals surface area contributed by atoms with E-state index in [1.165, 1.54) is 11.8 Å². The van der Waals surface area contributed by atoms with Crippen molar-refractivity contribution in [1.29, 1.82) is 0 Å². The van der Waals surface area contributed by atoms with Gasteiger partial charge in [0.15, 0.2) is 5.16 Å². The molecule has 1 aliphatic heterocycles. The molecule has 1 aromatic carbocycles. The normalized spacial score (nSPS) is 18.0. The van der Waals surface area contributed by atoms with Crippen molar-refractivity contribution in [1.82, 2.24) is 14.9 Å². The molecule has 0 radical (unpaired) electrons. The van der Waals surface area contributed by atoms with E-state index in [0.717, 1.165) is 19.4 Å².